The van der Waals surface area contributed by atoms with Crippen LogP contribution in [0.1, 0.15) is 40.5 Å². The first-order valence-electron chi connectivity index (χ1n) is 7.30. The summed E-state index contributed by atoms with van der Waals surface area (Å²) in [4.78, 5) is 2.43. The molecule has 106 valence electrons. The number of piperidine rings is 1. The summed E-state index contributed by atoms with van der Waals surface area (Å²) in [6, 6.07) is 6.65. The zero-order chi connectivity index (χ0) is 14.0. The van der Waals surface area contributed by atoms with Gasteiger partial charge in [0.05, 0.1) is 17.5 Å². The number of anilines is 2. The minimum atomic E-state index is 0.148. The molecule has 0 aromatic heterocycles. The monoisotopic (exact) mass is 262 g/mol. The average molecular weight is 262 g/mol. The summed E-state index contributed by atoms with van der Waals surface area (Å²) in [5.41, 5.74) is 8.20. The number of nitrogen functional groups attached to an aromatic ring is 1. The van der Waals surface area contributed by atoms with Crippen molar-refractivity contribution in [1.29, 1.82) is 0 Å². The molecule has 2 N–H and O–H groups in total. The number of ether oxygens (including phenoxy) is 1. The smallest absolute Gasteiger partial charge is 0.144 e. The third kappa shape index (κ3) is 3.14. The van der Waals surface area contributed by atoms with Crippen molar-refractivity contribution >= 4 is 11.4 Å². The molecule has 0 saturated carbocycles. The van der Waals surface area contributed by atoms with E-state index in [1.807, 2.05) is 26.0 Å². The lowest BCUT2D eigenvalue weighted by Gasteiger charge is -2.39. The van der Waals surface area contributed by atoms with E-state index in [-0.39, 0.29) is 6.10 Å². The summed E-state index contributed by atoms with van der Waals surface area (Å²) in [7, 11) is 0. The largest absolute Gasteiger partial charge is 0.489 e. The molecule has 2 unspecified atom stereocenters. The van der Waals surface area contributed by atoms with E-state index in [1.165, 1.54) is 12.8 Å². The second kappa shape index (κ2) is 5.72. The van der Waals surface area contributed by atoms with E-state index in [0.29, 0.717) is 6.04 Å². The molecule has 3 heteroatoms. The minimum absolute atomic E-state index is 0.148. The number of hydrogen-bond acceptors (Lipinski definition) is 3. The van der Waals surface area contributed by atoms with Crippen LogP contribution in [0.15, 0.2) is 18.2 Å². The highest BCUT2D eigenvalue weighted by Gasteiger charge is 2.25. The average Bonchev–Trinajstić information content (AvgIpc) is 2.35. The SMILES string of the molecule is CC1CCC(C)N(c2cccc(OC(C)C)c2N)C1. The molecule has 0 bridgehead atoms. The molecule has 0 radical (unpaired) electrons. The maximum absolute atomic E-state index is 6.30. The van der Waals surface area contributed by atoms with Crippen LogP contribution in [0.2, 0.25) is 0 Å². The van der Waals surface area contributed by atoms with Gasteiger partial charge in [-0.2, -0.15) is 0 Å². The molecule has 2 rings (SSSR count). The van der Waals surface area contributed by atoms with Gasteiger partial charge >= 0.3 is 0 Å². The van der Waals surface area contributed by atoms with Gasteiger partial charge in [-0.25, -0.2) is 0 Å². The van der Waals surface area contributed by atoms with Crippen LogP contribution in [-0.2, 0) is 0 Å². The van der Waals surface area contributed by atoms with E-state index in [4.69, 9.17) is 10.5 Å². The Morgan fingerprint density at radius 3 is 2.68 bits per heavy atom. The lowest BCUT2D eigenvalue weighted by molar-refractivity contribution is 0.244. The van der Waals surface area contributed by atoms with Crippen molar-refractivity contribution in [2.45, 2.75) is 52.7 Å². The van der Waals surface area contributed by atoms with E-state index in [0.717, 1.165) is 29.6 Å². The molecular formula is C16H26N2O. The maximum atomic E-state index is 6.30. The molecule has 2 atom stereocenters. The lowest BCUT2D eigenvalue weighted by Crippen LogP contribution is -2.41. The maximum Gasteiger partial charge on any atom is 0.144 e. The summed E-state index contributed by atoms with van der Waals surface area (Å²) < 4.78 is 5.79. The van der Waals surface area contributed by atoms with Gasteiger partial charge < -0.3 is 15.4 Å². The third-order valence-corrected chi connectivity index (χ3v) is 3.83. The number of rotatable bonds is 3. The highest BCUT2D eigenvalue weighted by Crippen LogP contribution is 2.36. The lowest BCUT2D eigenvalue weighted by atomic mass is 9.94. The summed E-state index contributed by atoms with van der Waals surface area (Å²) in [5, 5.41) is 0. The number of para-hydroxylation sites is 1. The van der Waals surface area contributed by atoms with Gasteiger partial charge in [0.25, 0.3) is 0 Å². The van der Waals surface area contributed by atoms with Crippen molar-refractivity contribution in [3.05, 3.63) is 18.2 Å². The number of hydrogen-bond donors (Lipinski definition) is 1. The van der Waals surface area contributed by atoms with Crippen LogP contribution < -0.4 is 15.4 Å². The zero-order valence-electron chi connectivity index (χ0n) is 12.5. The first-order valence-corrected chi connectivity index (χ1v) is 7.30. The van der Waals surface area contributed by atoms with Gasteiger partial charge in [0, 0.05) is 12.6 Å². The van der Waals surface area contributed by atoms with E-state index in [1.54, 1.807) is 0 Å². The summed E-state index contributed by atoms with van der Waals surface area (Å²) >= 11 is 0. The third-order valence-electron chi connectivity index (χ3n) is 3.83. The highest BCUT2D eigenvalue weighted by molar-refractivity contribution is 5.74. The van der Waals surface area contributed by atoms with Gasteiger partial charge in [-0.1, -0.05) is 13.0 Å². The second-order valence-electron chi connectivity index (χ2n) is 6.04. The Kier molecular flexibility index (Phi) is 4.23. The van der Waals surface area contributed by atoms with Crippen LogP contribution in [0.25, 0.3) is 0 Å². The first-order chi connectivity index (χ1) is 8.99. The fourth-order valence-corrected chi connectivity index (χ4v) is 2.76. The second-order valence-corrected chi connectivity index (χ2v) is 6.04. The van der Waals surface area contributed by atoms with Crippen molar-refractivity contribution in [3.8, 4) is 5.75 Å². The fraction of sp³-hybridized carbons (Fsp3) is 0.625. The van der Waals surface area contributed by atoms with Crippen molar-refractivity contribution in [2.24, 2.45) is 5.92 Å². The molecule has 1 heterocycles. The molecule has 1 saturated heterocycles. The van der Waals surface area contributed by atoms with Gasteiger partial charge in [-0.3, -0.25) is 0 Å². The van der Waals surface area contributed by atoms with Crippen molar-refractivity contribution in [3.63, 3.8) is 0 Å². The van der Waals surface area contributed by atoms with Crippen molar-refractivity contribution in [2.75, 3.05) is 17.2 Å². The van der Waals surface area contributed by atoms with E-state index < -0.39 is 0 Å². The fourth-order valence-electron chi connectivity index (χ4n) is 2.76. The Labute approximate surface area is 116 Å². The predicted molar refractivity (Wildman–Crippen MR) is 81.8 cm³/mol. The van der Waals surface area contributed by atoms with Gasteiger partial charge in [0.2, 0.25) is 0 Å². The molecule has 0 amide bonds. The van der Waals surface area contributed by atoms with Crippen LogP contribution >= 0.6 is 0 Å². The number of benzene rings is 1. The molecule has 1 fully saturated rings. The van der Waals surface area contributed by atoms with Gasteiger partial charge in [0.15, 0.2) is 0 Å². The Hall–Kier alpha value is -1.38. The van der Waals surface area contributed by atoms with E-state index in [9.17, 15) is 0 Å². The molecule has 0 spiro atoms. The summed E-state index contributed by atoms with van der Waals surface area (Å²) in [5.74, 6) is 1.53. The van der Waals surface area contributed by atoms with Crippen LogP contribution in [0.3, 0.4) is 0 Å². The molecule has 1 aliphatic heterocycles. The van der Waals surface area contributed by atoms with E-state index in [2.05, 4.69) is 24.8 Å². The van der Waals surface area contributed by atoms with Gasteiger partial charge in [-0.15, -0.1) is 0 Å². The molecule has 0 aliphatic carbocycles. The Morgan fingerprint density at radius 1 is 1.26 bits per heavy atom. The first kappa shape index (κ1) is 14.0. The van der Waals surface area contributed by atoms with Crippen LogP contribution in [0.4, 0.5) is 11.4 Å². The molecule has 19 heavy (non-hydrogen) atoms. The molecule has 3 nitrogen and oxygen atoms in total. The molecule has 1 aromatic rings. The normalized spacial score (nSPS) is 23.7. The quantitative estimate of drug-likeness (QED) is 0.844. The molecular weight excluding hydrogens is 236 g/mol. The summed E-state index contributed by atoms with van der Waals surface area (Å²) in [6.45, 7) is 9.72. The van der Waals surface area contributed by atoms with Crippen LogP contribution in [-0.4, -0.2) is 18.7 Å². The number of nitrogens with zero attached hydrogens (tertiary/aromatic N) is 1. The number of nitrogens with two attached hydrogens (primary N) is 1. The molecule has 1 aromatic carbocycles. The Bertz CT molecular complexity index is 431. The molecule has 1 aliphatic rings. The van der Waals surface area contributed by atoms with E-state index >= 15 is 0 Å². The highest BCUT2D eigenvalue weighted by atomic mass is 16.5. The van der Waals surface area contributed by atoms with Crippen LogP contribution in [0, 0.1) is 5.92 Å². The minimum Gasteiger partial charge on any atom is -0.489 e. The van der Waals surface area contributed by atoms with Crippen LogP contribution in [0.5, 0.6) is 5.75 Å². The van der Waals surface area contributed by atoms with Gasteiger partial charge in [0.1, 0.15) is 5.75 Å². The summed E-state index contributed by atoms with van der Waals surface area (Å²) in [6.07, 6.45) is 2.69. The van der Waals surface area contributed by atoms with Gasteiger partial charge in [-0.05, 0) is 51.7 Å². The van der Waals surface area contributed by atoms with Crippen molar-refractivity contribution < 1.29 is 4.74 Å². The Morgan fingerprint density at radius 2 is 2.00 bits per heavy atom. The zero-order valence-corrected chi connectivity index (χ0v) is 12.5. The Balaban J connectivity index is 2.28. The predicted octanol–water partition coefficient (Wildman–Crippen LogP) is 3.68. The van der Waals surface area contributed by atoms with Crippen molar-refractivity contribution in [1.82, 2.24) is 0 Å². The topological polar surface area (TPSA) is 38.5 Å². The standard InChI is InChI=1S/C16H26N2O/c1-11(2)19-15-7-5-6-14(16(15)17)18-10-12(3)8-9-13(18)4/h5-7,11-13H,8-10,17H2,1-4H3.